The summed E-state index contributed by atoms with van der Waals surface area (Å²) in [6.07, 6.45) is 2.12. The van der Waals surface area contributed by atoms with Crippen molar-refractivity contribution in [2.45, 2.75) is 49.6 Å². The van der Waals surface area contributed by atoms with Gasteiger partial charge in [0.05, 0.1) is 10.9 Å². The Morgan fingerprint density at radius 1 is 1.20 bits per heavy atom. The molecule has 1 aromatic carbocycles. The SMILES string of the molecule is Cc1ccc(S(=O)(=O)N2C(=O)CC[C@H]2C(=O)N2CCCC2C=O)cc1. The van der Waals surface area contributed by atoms with Gasteiger partial charge in [0, 0.05) is 13.0 Å². The van der Waals surface area contributed by atoms with Crippen LogP contribution in [0.3, 0.4) is 0 Å². The highest BCUT2D eigenvalue weighted by atomic mass is 32.2. The van der Waals surface area contributed by atoms with Crippen molar-refractivity contribution in [2.24, 2.45) is 0 Å². The highest BCUT2D eigenvalue weighted by Crippen LogP contribution is 2.30. The van der Waals surface area contributed by atoms with Crippen LogP contribution in [-0.4, -0.2) is 54.4 Å². The first kappa shape index (κ1) is 17.6. The predicted molar refractivity (Wildman–Crippen MR) is 89.0 cm³/mol. The van der Waals surface area contributed by atoms with Crippen LogP contribution in [0.2, 0.25) is 0 Å². The van der Waals surface area contributed by atoms with Gasteiger partial charge in [-0.2, -0.15) is 0 Å². The second-order valence-corrected chi connectivity index (χ2v) is 8.25. The maximum absolute atomic E-state index is 12.9. The Hall–Kier alpha value is -2.22. The summed E-state index contributed by atoms with van der Waals surface area (Å²) >= 11 is 0. The number of sulfonamides is 1. The van der Waals surface area contributed by atoms with E-state index in [4.69, 9.17) is 0 Å². The van der Waals surface area contributed by atoms with Crippen molar-refractivity contribution in [2.75, 3.05) is 6.54 Å². The van der Waals surface area contributed by atoms with Gasteiger partial charge in [-0.05, 0) is 38.3 Å². The quantitative estimate of drug-likeness (QED) is 0.739. The van der Waals surface area contributed by atoms with E-state index < -0.39 is 33.9 Å². The number of carbonyl (C=O) groups is 3. The van der Waals surface area contributed by atoms with Gasteiger partial charge in [0.1, 0.15) is 12.3 Å². The van der Waals surface area contributed by atoms with Gasteiger partial charge in [-0.15, -0.1) is 0 Å². The van der Waals surface area contributed by atoms with E-state index in [1.807, 2.05) is 6.92 Å². The summed E-state index contributed by atoms with van der Waals surface area (Å²) in [6.45, 7) is 2.24. The van der Waals surface area contributed by atoms with Crippen LogP contribution < -0.4 is 0 Å². The van der Waals surface area contributed by atoms with E-state index in [9.17, 15) is 22.8 Å². The van der Waals surface area contributed by atoms with Crippen molar-refractivity contribution in [1.29, 1.82) is 0 Å². The van der Waals surface area contributed by atoms with E-state index in [1.54, 1.807) is 12.1 Å². The predicted octanol–water partition coefficient (Wildman–Crippen LogP) is 0.865. The summed E-state index contributed by atoms with van der Waals surface area (Å²) < 4.78 is 26.5. The number of rotatable bonds is 4. The van der Waals surface area contributed by atoms with Crippen molar-refractivity contribution in [3.8, 4) is 0 Å². The standard InChI is InChI=1S/C17H20N2O5S/c1-12-4-6-14(7-5-12)25(23,24)19-15(8-9-16(19)21)17(22)18-10-2-3-13(18)11-20/h4-7,11,13,15H,2-3,8-10H2,1H3/t13?,15-/m0/s1. The molecule has 0 radical (unpaired) electrons. The second-order valence-electron chi connectivity index (χ2n) is 6.44. The minimum absolute atomic E-state index is 0.00109. The van der Waals surface area contributed by atoms with Gasteiger partial charge >= 0.3 is 0 Å². The fourth-order valence-electron chi connectivity index (χ4n) is 3.41. The van der Waals surface area contributed by atoms with Crippen LogP contribution in [-0.2, 0) is 24.4 Å². The Morgan fingerprint density at radius 2 is 1.88 bits per heavy atom. The molecule has 2 aliphatic rings. The summed E-state index contributed by atoms with van der Waals surface area (Å²) in [5.41, 5.74) is 0.894. The number of nitrogens with zero attached hydrogens (tertiary/aromatic N) is 2. The van der Waals surface area contributed by atoms with Gasteiger partial charge < -0.3 is 9.69 Å². The molecule has 2 fully saturated rings. The molecule has 3 rings (SSSR count). The summed E-state index contributed by atoms with van der Waals surface area (Å²) in [6, 6.07) is 4.55. The van der Waals surface area contributed by atoms with Crippen LogP contribution in [0.1, 0.15) is 31.2 Å². The van der Waals surface area contributed by atoms with Gasteiger partial charge in [-0.25, -0.2) is 12.7 Å². The van der Waals surface area contributed by atoms with E-state index in [1.165, 1.54) is 17.0 Å². The van der Waals surface area contributed by atoms with E-state index in [-0.39, 0.29) is 17.7 Å². The average Bonchev–Trinajstić information content (AvgIpc) is 3.21. The van der Waals surface area contributed by atoms with E-state index in [2.05, 4.69) is 0 Å². The van der Waals surface area contributed by atoms with Crippen LogP contribution in [0, 0.1) is 6.92 Å². The molecule has 0 spiro atoms. The van der Waals surface area contributed by atoms with Gasteiger partial charge in [-0.3, -0.25) is 9.59 Å². The van der Waals surface area contributed by atoms with Crippen molar-refractivity contribution >= 4 is 28.1 Å². The number of amides is 2. The number of carbonyl (C=O) groups excluding carboxylic acids is 3. The number of hydrogen-bond acceptors (Lipinski definition) is 5. The summed E-state index contributed by atoms with van der Waals surface area (Å²) in [5, 5.41) is 0. The lowest BCUT2D eigenvalue weighted by Crippen LogP contribution is -2.50. The van der Waals surface area contributed by atoms with Crippen molar-refractivity contribution in [3.63, 3.8) is 0 Å². The molecule has 7 nitrogen and oxygen atoms in total. The van der Waals surface area contributed by atoms with E-state index >= 15 is 0 Å². The summed E-state index contributed by atoms with van der Waals surface area (Å²) in [5.74, 6) is -1.04. The number of aryl methyl sites for hydroxylation is 1. The molecule has 1 aromatic rings. The lowest BCUT2D eigenvalue weighted by atomic mass is 10.2. The maximum atomic E-state index is 12.9. The Bertz CT molecular complexity index is 803. The zero-order valence-electron chi connectivity index (χ0n) is 13.9. The Balaban J connectivity index is 1.93. The minimum atomic E-state index is -4.10. The van der Waals surface area contributed by atoms with E-state index in [0.29, 0.717) is 30.0 Å². The molecule has 1 unspecified atom stereocenters. The molecule has 2 amide bonds. The van der Waals surface area contributed by atoms with Crippen molar-refractivity contribution in [3.05, 3.63) is 29.8 Å². The molecular formula is C17H20N2O5S. The average molecular weight is 364 g/mol. The molecular weight excluding hydrogens is 344 g/mol. The molecule has 0 aromatic heterocycles. The van der Waals surface area contributed by atoms with E-state index in [0.717, 1.165) is 5.56 Å². The van der Waals surface area contributed by atoms with Crippen molar-refractivity contribution < 1.29 is 22.8 Å². The minimum Gasteiger partial charge on any atom is -0.331 e. The summed E-state index contributed by atoms with van der Waals surface area (Å²) in [4.78, 5) is 37.6. The van der Waals surface area contributed by atoms with Gasteiger partial charge in [0.25, 0.3) is 10.0 Å². The third kappa shape index (κ3) is 3.06. The maximum Gasteiger partial charge on any atom is 0.267 e. The molecule has 25 heavy (non-hydrogen) atoms. The molecule has 2 heterocycles. The largest absolute Gasteiger partial charge is 0.331 e. The first-order valence-corrected chi connectivity index (χ1v) is 9.70. The fraction of sp³-hybridized carbons (Fsp3) is 0.471. The first-order valence-electron chi connectivity index (χ1n) is 8.26. The van der Waals surface area contributed by atoms with Gasteiger partial charge in [-0.1, -0.05) is 17.7 Å². The monoisotopic (exact) mass is 364 g/mol. The topological polar surface area (TPSA) is 91.8 Å². The number of likely N-dealkylation sites (tertiary alicyclic amines) is 1. The zero-order valence-corrected chi connectivity index (χ0v) is 14.7. The molecule has 0 saturated carbocycles. The Kier molecular flexibility index (Phi) is 4.64. The summed E-state index contributed by atoms with van der Waals surface area (Å²) in [7, 11) is -4.10. The third-order valence-corrected chi connectivity index (χ3v) is 6.61. The molecule has 0 bridgehead atoms. The Morgan fingerprint density at radius 3 is 2.52 bits per heavy atom. The highest BCUT2D eigenvalue weighted by Gasteiger charge is 2.47. The van der Waals surface area contributed by atoms with Gasteiger partial charge in [0.2, 0.25) is 11.8 Å². The number of aldehydes is 1. The first-order chi connectivity index (χ1) is 11.9. The van der Waals surface area contributed by atoms with Crippen LogP contribution in [0.4, 0.5) is 0 Å². The fourth-order valence-corrected chi connectivity index (χ4v) is 5.01. The lowest BCUT2D eigenvalue weighted by molar-refractivity contribution is -0.139. The normalized spacial score (nSPS) is 24.0. The molecule has 2 saturated heterocycles. The molecule has 2 atom stereocenters. The molecule has 0 aliphatic carbocycles. The van der Waals surface area contributed by atoms with Crippen LogP contribution in [0.5, 0.6) is 0 Å². The molecule has 0 N–H and O–H groups in total. The van der Waals surface area contributed by atoms with Crippen molar-refractivity contribution in [1.82, 2.24) is 9.21 Å². The third-order valence-electron chi connectivity index (χ3n) is 4.76. The van der Waals surface area contributed by atoms with Crippen LogP contribution in [0.15, 0.2) is 29.2 Å². The van der Waals surface area contributed by atoms with Crippen LogP contribution in [0.25, 0.3) is 0 Å². The number of benzene rings is 1. The second kappa shape index (κ2) is 6.59. The van der Waals surface area contributed by atoms with Gasteiger partial charge in [0.15, 0.2) is 0 Å². The smallest absolute Gasteiger partial charge is 0.267 e. The zero-order chi connectivity index (χ0) is 18.2. The molecule has 2 aliphatic heterocycles. The van der Waals surface area contributed by atoms with Crippen LogP contribution >= 0.6 is 0 Å². The molecule has 134 valence electrons. The Labute approximate surface area is 146 Å². The molecule has 8 heteroatoms. The number of hydrogen-bond donors (Lipinski definition) is 0. The highest BCUT2D eigenvalue weighted by molar-refractivity contribution is 7.89. The lowest BCUT2D eigenvalue weighted by Gasteiger charge is -2.29.